The van der Waals surface area contributed by atoms with Crippen LogP contribution in [0.5, 0.6) is 0 Å². The fourth-order valence-corrected chi connectivity index (χ4v) is 11.2. The number of rotatable bonds is 3. The van der Waals surface area contributed by atoms with Gasteiger partial charge in [0.2, 0.25) is 0 Å². The number of hydrogen-bond donors (Lipinski definition) is 0. The van der Waals surface area contributed by atoms with E-state index < -0.39 is 0 Å². The molecule has 5 fully saturated rings. The highest BCUT2D eigenvalue weighted by atomic mass is 16.1. The predicted molar refractivity (Wildman–Crippen MR) is 130 cm³/mol. The maximum atomic E-state index is 12.9. The Kier molecular flexibility index (Phi) is 5.08. The van der Waals surface area contributed by atoms with Gasteiger partial charge in [0.1, 0.15) is 18.4 Å². The van der Waals surface area contributed by atoms with Gasteiger partial charge >= 0.3 is 0 Å². The van der Waals surface area contributed by atoms with Gasteiger partial charge in [-0.3, -0.25) is 9.59 Å². The molecule has 33 heavy (non-hydrogen) atoms. The van der Waals surface area contributed by atoms with Crippen LogP contribution in [0.4, 0.5) is 0 Å². The van der Waals surface area contributed by atoms with Gasteiger partial charge < -0.3 is 4.79 Å². The van der Waals surface area contributed by atoms with Crippen molar-refractivity contribution in [2.75, 3.05) is 0 Å². The van der Waals surface area contributed by atoms with Crippen LogP contribution < -0.4 is 0 Å². The van der Waals surface area contributed by atoms with Crippen molar-refractivity contribution in [1.82, 2.24) is 0 Å². The molecule has 3 heteroatoms. The quantitative estimate of drug-likeness (QED) is 0.358. The lowest BCUT2D eigenvalue weighted by atomic mass is 9.32. The van der Waals surface area contributed by atoms with Gasteiger partial charge in [-0.15, -0.1) is 0 Å². The second-order valence-electron chi connectivity index (χ2n) is 14.0. The second-order valence-corrected chi connectivity index (χ2v) is 14.0. The molecule has 0 aliphatic heterocycles. The van der Waals surface area contributed by atoms with Gasteiger partial charge in [-0.2, -0.15) is 0 Å². The summed E-state index contributed by atoms with van der Waals surface area (Å²) in [4.78, 5) is 37.2. The number of allylic oxidation sites excluding steroid dienone is 1. The van der Waals surface area contributed by atoms with Crippen molar-refractivity contribution >= 4 is 18.4 Å². The van der Waals surface area contributed by atoms with Crippen LogP contribution in [-0.2, 0) is 14.4 Å². The van der Waals surface area contributed by atoms with E-state index in [0.29, 0.717) is 29.1 Å². The van der Waals surface area contributed by atoms with E-state index in [1.807, 2.05) is 0 Å². The highest BCUT2D eigenvalue weighted by molar-refractivity contribution is 5.85. The van der Waals surface area contributed by atoms with E-state index in [1.165, 1.54) is 19.1 Å². The zero-order valence-electron chi connectivity index (χ0n) is 21.5. The van der Waals surface area contributed by atoms with Crippen LogP contribution in [0.1, 0.15) is 98.8 Å². The molecule has 182 valence electrons. The molecule has 0 aromatic rings. The van der Waals surface area contributed by atoms with E-state index in [1.54, 1.807) is 0 Å². The Morgan fingerprint density at radius 2 is 1.58 bits per heavy atom. The average molecular weight is 453 g/mol. The first kappa shape index (κ1) is 23.5. The lowest BCUT2D eigenvalue weighted by Gasteiger charge is -2.72. The normalized spacial score (nSPS) is 52.6. The maximum absolute atomic E-state index is 12.9. The first-order valence-corrected chi connectivity index (χ1v) is 13.5. The number of Topliss-reactive ketones (excluding diaryl/α,β-unsaturated/α-hetero) is 1. The third kappa shape index (κ3) is 2.72. The summed E-state index contributed by atoms with van der Waals surface area (Å²) in [5, 5.41) is 0. The van der Waals surface area contributed by atoms with Crippen molar-refractivity contribution < 1.29 is 14.4 Å². The number of fused-ring (bicyclic) bond motifs is 7. The van der Waals surface area contributed by atoms with E-state index in [4.69, 9.17) is 0 Å². The van der Waals surface area contributed by atoms with Crippen molar-refractivity contribution in [1.29, 1.82) is 0 Å². The van der Waals surface area contributed by atoms with Crippen molar-refractivity contribution in [2.45, 2.75) is 98.8 Å². The predicted octanol–water partition coefficient (Wildman–Crippen LogP) is 6.59. The van der Waals surface area contributed by atoms with Crippen LogP contribution in [0.15, 0.2) is 12.2 Å². The molecular formula is C30H44O3. The van der Waals surface area contributed by atoms with E-state index in [0.717, 1.165) is 57.7 Å². The number of hydrogen-bond acceptors (Lipinski definition) is 3. The minimum atomic E-state index is -0.260. The first-order valence-electron chi connectivity index (χ1n) is 13.5. The van der Waals surface area contributed by atoms with Gasteiger partial charge in [-0.25, -0.2) is 0 Å². The van der Waals surface area contributed by atoms with Crippen molar-refractivity contribution in [3.05, 3.63) is 12.2 Å². The van der Waals surface area contributed by atoms with Crippen LogP contribution in [-0.4, -0.2) is 18.4 Å². The van der Waals surface area contributed by atoms with Gasteiger partial charge in [-0.1, -0.05) is 41.2 Å². The molecule has 0 radical (unpaired) electrons. The molecule has 0 saturated heterocycles. The third-order valence-corrected chi connectivity index (χ3v) is 13.1. The summed E-state index contributed by atoms with van der Waals surface area (Å²) in [5.41, 5.74) is 0.816. The van der Waals surface area contributed by atoms with Crippen molar-refractivity contribution in [2.24, 2.45) is 56.7 Å². The smallest absolute Gasteiger partial charge is 0.145 e. The molecule has 0 N–H and O–H groups in total. The molecule has 4 unspecified atom stereocenters. The summed E-state index contributed by atoms with van der Waals surface area (Å²) >= 11 is 0. The fraction of sp³-hybridized carbons (Fsp3) is 0.833. The minimum absolute atomic E-state index is 0.163. The fourth-order valence-electron chi connectivity index (χ4n) is 11.2. The van der Waals surface area contributed by atoms with Crippen LogP contribution in [0.2, 0.25) is 0 Å². The molecule has 0 bridgehead atoms. The second kappa shape index (κ2) is 7.14. The summed E-state index contributed by atoms with van der Waals surface area (Å²) in [6.45, 7) is 16.2. The topological polar surface area (TPSA) is 51.2 Å². The Morgan fingerprint density at radius 3 is 2.24 bits per heavy atom. The molecule has 5 aliphatic rings. The summed E-state index contributed by atoms with van der Waals surface area (Å²) in [6, 6.07) is 0. The Labute approximate surface area is 200 Å². The van der Waals surface area contributed by atoms with Gasteiger partial charge in [-0.05, 0) is 109 Å². The summed E-state index contributed by atoms with van der Waals surface area (Å²) in [6.07, 6.45) is 12.6. The van der Waals surface area contributed by atoms with Crippen LogP contribution in [0.3, 0.4) is 0 Å². The lowest BCUT2D eigenvalue weighted by Crippen LogP contribution is -2.66. The molecule has 9 atom stereocenters. The zero-order chi connectivity index (χ0) is 24.0. The van der Waals surface area contributed by atoms with E-state index >= 15 is 0 Å². The maximum Gasteiger partial charge on any atom is 0.145 e. The Hall–Kier alpha value is -1.25. The number of ketones is 1. The number of carbonyl (C=O) groups excluding carboxylic acids is 3. The van der Waals surface area contributed by atoms with Crippen molar-refractivity contribution in [3.8, 4) is 0 Å². The third-order valence-electron chi connectivity index (χ3n) is 13.1. The van der Waals surface area contributed by atoms with E-state index in [9.17, 15) is 14.4 Å². The number of carbonyl (C=O) groups is 3. The van der Waals surface area contributed by atoms with Crippen molar-refractivity contribution in [3.63, 3.8) is 0 Å². The highest BCUT2D eigenvalue weighted by Crippen LogP contribution is 2.77. The molecule has 5 rings (SSSR count). The van der Waals surface area contributed by atoms with Gasteiger partial charge in [0.25, 0.3) is 0 Å². The van der Waals surface area contributed by atoms with E-state index in [2.05, 4.69) is 41.2 Å². The van der Waals surface area contributed by atoms with Gasteiger partial charge in [0.15, 0.2) is 0 Å². The Balaban J connectivity index is 1.56. The molecule has 0 spiro atoms. The largest absolute Gasteiger partial charge is 0.303 e. The number of aldehydes is 2. The first-order chi connectivity index (χ1) is 15.4. The SMILES string of the molecule is C=C(C=O)[C@@H]1CC[C@]2(C=O)CC[C@]3(C)C(CCC4[C@@]5(C)CCC(=O)C(C)(C)C5CC[C@]43C)C12. The van der Waals surface area contributed by atoms with Crippen LogP contribution in [0, 0.1) is 56.7 Å². The van der Waals surface area contributed by atoms with Crippen LogP contribution >= 0.6 is 0 Å². The summed E-state index contributed by atoms with van der Waals surface area (Å²) < 4.78 is 0. The zero-order valence-corrected chi connectivity index (χ0v) is 21.5. The summed E-state index contributed by atoms with van der Waals surface area (Å²) in [5.74, 6) is 2.45. The summed E-state index contributed by atoms with van der Waals surface area (Å²) in [7, 11) is 0. The minimum Gasteiger partial charge on any atom is -0.303 e. The monoisotopic (exact) mass is 452 g/mol. The Morgan fingerprint density at radius 1 is 0.848 bits per heavy atom. The van der Waals surface area contributed by atoms with Gasteiger partial charge in [0, 0.05) is 17.3 Å². The van der Waals surface area contributed by atoms with E-state index in [-0.39, 0.29) is 38.9 Å². The molecule has 5 aliphatic carbocycles. The molecule has 0 amide bonds. The molecule has 0 aromatic carbocycles. The lowest BCUT2D eigenvalue weighted by molar-refractivity contribution is -0.231. The highest BCUT2D eigenvalue weighted by Gasteiger charge is 2.71. The van der Waals surface area contributed by atoms with Crippen LogP contribution in [0.25, 0.3) is 0 Å². The average Bonchev–Trinajstić information content (AvgIpc) is 3.17. The molecular weight excluding hydrogens is 408 g/mol. The molecule has 0 heterocycles. The molecule has 3 nitrogen and oxygen atoms in total. The standard InChI is InChI=1S/C30H44O3/c1-19(17-31)20-9-14-30(18-32)16-15-28(5)21(25(20)30)7-8-23-27(4)12-11-24(33)26(2,3)22(27)10-13-29(23,28)6/h17-18,20-23,25H,1,7-16H2,2-6H3/t20-,21?,22?,23?,25?,27-,28+,29+,30+/m0/s1. The Bertz CT molecular complexity index is 902. The van der Waals surface area contributed by atoms with Gasteiger partial charge in [0.05, 0.1) is 0 Å². The molecule has 0 aromatic heterocycles. The molecule has 5 saturated carbocycles.